The Balaban J connectivity index is 1.98. The smallest absolute Gasteiger partial charge is 0.284 e. The van der Waals surface area contributed by atoms with Gasteiger partial charge in [-0.2, -0.15) is 13.2 Å². The van der Waals surface area contributed by atoms with Gasteiger partial charge in [-0.25, -0.2) is 0 Å². The number of carbonyl (C=O) groups excluding carboxylic acids is 1. The highest BCUT2D eigenvalue weighted by molar-refractivity contribution is 8.05. The highest BCUT2D eigenvalue weighted by atomic mass is 32.2. The lowest BCUT2D eigenvalue weighted by molar-refractivity contribution is -0.0885. The molecule has 1 heterocycles. The van der Waals surface area contributed by atoms with E-state index in [1.807, 2.05) is 24.3 Å². The second-order valence-electron chi connectivity index (χ2n) is 4.14. The Morgan fingerprint density at radius 2 is 1.40 bits per heavy atom. The fourth-order valence-electron chi connectivity index (χ4n) is 1.83. The topological polar surface area (TPSA) is 17.1 Å². The maximum absolute atomic E-state index is 12.4. The quantitative estimate of drug-likeness (QED) is 0.585. The highest BCUT2D eigenvalue weighted by Gasteiger charge is 2.39. The van der Waals surface area contributed by atoms with Gasteiger partial charge in [-0.1, -0.05) is 35.7 Å². The summed E-state index contributed by atoms with van der Waals surface area (Å²) in [4.78, 5) is 14.9. The van der Waals surface area contributed by atoms with Crippen molar-refractivity contribution in [1.29, 1.82) is 0 Å². The van der Waals surface area contributed by atoms with E-state index in [1.54, 1.807) is 6.07 Å². The van der Waals surface area contributed by atoms with Crippen molar-refractivity contribution in [2.75, 3.05) is 0 Å². The molecule has 0 saturated carbocycles. The summed E-state index contributed by atoms with van der Waals surface area (Å²) in [5, 5.41) is 0. The van der Waals surface area contributed by atoms with Crippen LogP contribution in [0.2, 0.25) is 0 Å². The van der Waals surface area contributed by atoms with Gasteiger partial charge in [0.2, 0.25) is 0 Å². The van der Waals surface area contributed by atoms with Crippen LogP contribution < -0.4 is 0 Å². The molecule has 0 amide bonds. The van der Waals surface area contributed by atoms with Crippen molar-refractivity contribution < 1.29 is 18.0 Å². The van der Waals surface area contributed by atoms with Crippen LogP contribution in [-0.4, -0.2) is 12.0 Å². The third kappa shape index (κ3) is 2.45. The van der Waals surface area contributed by atoms with Crippen LogP contribution in [0.1, 0.15) is 10.4 Å². The van der Waals surface area contributed by atoms with Crippen LogP contribution in [0.3, 0.4) is 0 Å². The second-order valence-corrected chi connectivity index (χ2v) is 6.31. The fourth-order valence-corrected chi connectivity index (χ4v) is 4.09. The first-order valence-electron chi connectivity index (χ1n) is 5.65. The Bertz CT molecular complexity index is 695. The lowest BCUT2D eigenvalue weighted by Crippen LogP contribution is -2.22. The van der Waals surface area contributed by atoms with E-state index in [-0.39, 0.29) is 5.56 Å². The van der Waals surface area contributed by atoms with E-state index in [0.29, 0.717) is 4.90 Å². The number of hydrogen-bond acceptors (Lipinski definition) is 3. The van der Waals surface area contributed by atoms with Crippen molar-refractivity contribution in [1.82, 2.24) is 0 Å². The lowest BCUT2D eigenvalue weighted by atomic mass is 10.1. The molecule has 0 saturated heterocycles. The molecule has 1 aliphatic heterocycles. The highest BCUT2D eigenvalue weighted by Crippen LogP contribution is 2.48. The molecule has 0 aromatic heterocycles. The predicted molar refractivity (Wildman–Crippen MR) is 71.5 cm³/mol. The number of hydrogen-bond donors (Lipinski definition) is 0. The molecule has 2 aromatic rings. The number of fused-ring (bicyclic) bond motifs is 2. The Kier molecular flexibility index (Phi) is 3.30. The van der Waals surface area contributed by atoms with Crippen molar-refractivity contribution >= 4 is 29.3 Å². The summed E-state index contributed by atoms with van der Waals surface area (Å²) >= 11 is 2.88. The van der Waals surface area contributed by atoms with Crippen LogP contribution in [0.5, 0.6) is 0 Å². The maximum Gasteiger partial charge on any atom is 0.454 e. The number of carbonyl (C=O) groups is 1. The first kappa shape index (κ1) is 13.6. The molecule has 0 spiro atoms. The van der Waals surface area contributed by atoms with E-state index in [1.165, 1.54) is 35.7 Å². The third-order valence-electron chi connectivity index (χ3n) is 2.75. The van der Waals surface area contributed by atoms with E-state index in [0.717, 1.165) is 14.7 Å². The Labute approximate surface area is 121 Å². The molecular weight excluding hydrogens is 305 g/mol. The molecule has 2 aromatic carbocycles. The number of benzene rings is 2. The van der Waals surface area contributed by atoms with E-state index in [9.17, 15) is 18.0 Å². The Morgan fingerprint density at radius 1 is 0.850 bits per heavy atom. The number of halogens is 3. The Morgan fingerprint density at radius 3 is 2.00 bits per heavy atom. The average molecular weight is 312 g/mol. The summed E-state index contributed by atoms with van der Waals surface area (Å²) in [6.45, 7) is 0. The van der Waals surface area contributed by atoms with Crippen molar-refractivity contribution in [2.24, 2.45) is 0 Å². The summed E-state index contributed by atoms with van der Waals surface area (Å²) < 4.78 is 37.3. The third-order valence-corrected chi connectivity index (χ3v) is 5.30. The minimum absolute atomic E-state index is 0.316. The van der Waals surface area contributed by atoms with Gasteiger partial charge in [0, 0.05) is 25.1 Å². The van der Waals surface area contributed by atoms with Crippen LogP contribution in [-0.2, 0) is 0 Å². The molecule has 0 aliphatic carbocycles. The number of rotatable bonds is 1. The molecule has 3 rings (SSSR count). The molecule has 0 N–H and O–H groups in total. The van der Waals surface area contributed by atoms with Crippen molar-refractivity contribution in [3.8, 4) is 0 Å². The largest absolute Gasteiger partial charge is 0.454 e. The van der Waals surface area contributed by atoms with Crippen molar-refractivity contribution in [3.05, 3.63) is 48.0 Å². The summed E-state index contributed by atoms with van der Waals surface area (Å²) in [7, 11) is 0. The molecule has 0 fully saturated rings. The van der Waals surface area contributed by atoms with Crippen molar-refractivity contribution in [3.63, 3.8) is 0 Å². The van der Waals surface area contributed by atoms with Gasteiger partial charge in [0.1, 0.15) is 0 Å². The van der Waals surface area contributed by atoms with Gasteiger partial charge in [-0.05, 0) is 30.3 Å². The summed E-state index contributed by atoms with van der Waals surface area (Å²) in [6.07, 6.45) is -4.83. The minimum atomic E-state index is -4.83. The van der Waals surface area contributed by atoms with Gasteiger partial charge >= 0.3 is 6.18 Å². The predicted octanol–water partition coefficient (Wildman–Crippen LogP) is 5.05. The lowest BCUT2D eigenvalue weighted by Gasteiger charge is -2.18. The number of alkyl halides is 3. The van der Waals surface area contributed by atoms with Gasteiger partial charge in [-0.15, -0.1) is 0 Å². The van der Waals surface area contributed by atoms with Gasteiger partial charge in [-0.3, -0.25) is 4.79 Å². The average Bonchev–Trinajstić information content (AvgIpc) is 2.42. The van der Waals surface area contributed by atoms with Crippen LogP contribution in [0, 0.1) is 0 Å². The normalized spacial score (nSPS) is 13.6. The maximum atomic E-state index is 12.4. The standard InChI is InChI=1S/C14H7F3OS2/c15-14(16,17)13(18)8-5-6-11-12(7-8)20-10-4-2-1-3-9(10)19-11/h1-7H. The van der Waals surface area contributed by atoms with E-state index < -0.39 is 12.0 Å². The van der Waals surface area contributed by atoms with E-state index >= 15 is 0 Å². The van der Waals surface area contributed by atoms with Crippen LogP contribution in [0.15, 0.2) is 62.0 Å². The van der Waals surface area contributed by atoms with Crippen LogP contribution >= 0.6 is 23.5 Å². The first-order chi connectivity index (χ1) is 9.45. The molecule has 0 bridgehead atoms. The fraction of sp³-hybridized carbons (Fsp3) is 0.0714. The summed E-state index contributed by atoms with van der Waals surface area (Å²) in [5.74, 6) is -1.80. The zero-order valence-electron chi connectivity index (χ0n) is 9.90. The van der Waals surface area contributed by atoms with Crippen LogP contribution in [0.25, 0.3) is 0 Å². The molecule has 1 nitrogen and oxygen atoms in total. The van der Waals surface area contributed by atoms with E-state index in [2.05, 4.69) is 0 Å². The van der Waals surface area contributed by atoms with Gasteiger partial charge in [0.25, 0.3) is 5.78 Å². The first-order valence-corrected chi connectivity index (χ1v) is 7.29. The van der Waals surface area contributed by atoms with E-state index in [4.69, 9.17) is 0 Å². The molecule has 6 heteroatoms. The monoisotopic (exact) mass is 312 g/mol. The molecule has 20 heavy (non-hydrogen) atoms. The number of ketones is 1. The van der Waals surface area contributed by atoms with Crippen LogP contribution in [0.4, 0.5) is 13.2 Å². The minimum Gasteiger partial charge on any atom is -0.284 e. The Hall–Kier alpha value is -1.40. The molecule has 102 valence electrons. The summed E-state index contributed by atoms with van der Waals surface area (Å²) in [6, 6.07) is 11.8. The number of Topliss-reactive ketones (excluding diaryl/α,β-unsaturated/α-hetero) is 1. The second kappa shape index (κ2) is 4.86. The molecule has 0 radical (unpaired) electrons. The zero-order valence-corrected chi connectivity index (χ0v) is 11.5. The molecular formula is C14H7F3OS2. The van der Waals surface area contributed by atoms with Gasteiger partial charge in [0.05, 0.1) is 0 Å². The van der Waals surface area contributed by atoms with Gasteiger partial charge in [0.15, 0.2) is 0 Å². The molecule has 1 aliphatic rings. The van der Waals surface area contributed by atoms with Gasteiger partial charge < -0.3 is 0 Å². The SMILES string of the molecule is O=C(c1ccc2c(c1)Sc1ccccc1S2)C(F)(F)F. The zero-order chi connectivity index (χ0) is 14.3. The van der Waals surface area contributed by atoms with Crippen molar-refractivity contribution in [2.45, 2.75) is 25.8 Å². The molecule has 0 unspecified atom stereocenters. The molecule has 0 atom stereocenters. The summed E-state index contributed by atoms with van der Waals surface area (Å²) in [5.41, 5.74) is -0.316.